The molecule has 1 fully saturated rings. The van der Waals surface area contributed by atoms with E-state index in [9.17, 15) is 4.79 Å². The van der Waals surface area contributed by atoms with Gasteiger partial charge in [-0.05, 0) is 36.2 Å². The van der Waals surface area contributed by atoms with Crippen LogP contribution in [0.4, 0.5) is 10.5 Å². The van der Waals surface area contributed by atoms with Crippen LogP contribution in [0.5, 0.6) is 17.2 Å². The van der Waals surface area contributed by atoms with Crippen molar-refractivity contribution in [1.82, 2.24) is 9.80 Å². The molecule has 2 aromatic rings. The molecule has 7 heteroatoms. The van der Waals surface area contributed by atoms with Crippen molar-refractivity contribution in [2.45, 2.75) is 6.42 Å². The fourth-order valence-electron chi connectivity index (χ4n) is 3.37. The molecule has 3 rings (SSSR count). The van der Waals surface area contributed by atoms with Crippen LogP contribution in [0.2, 0.25) is 0 Å². The van der Waals surface area contributed by atoms with Crippen LogP contribution in [0.15, 0.2) is 42.5 Å². The van der Waals surface area contributed by atoms with Gasteiger partial charge in [0.1, 0.15) is 5.75 Å². The number of nitrogens with one attached hydrogen (secondary N) is 1. The molecule has 0 unspecified atom stereocenters. The highest BCUT2D eigenvalue weighted by Gasteiger charge is 2.21. The maximum Gasteiger partial charge on any atom is 0.321 e. The number of hydrogen-bond donors (Lipinski definition) is 1. The van der Waals surface area contributed by atoms with Crippen LogP contribution in [-0.4, -0.2) is 69.9 Å². The van der Waals surface area contributed by atoms with Crippen molar-refractivity contribution in [3.8, 4) is 17.2 Å². The third-order valence-corrected chi connectivity index (χ3v) is 5.17. The van der Waals surface area contributed by atoms with Gasteiger partial charge in [0.05, 0.1) is 21.3 Å². The van der Waals surface area contributed by atoms with E-state index in [0.717, 1.165) is 31.8 Å². The van der Waals surface area contributed by atoms with Crippen LogP contribution in [-0.2, 0) is 6.42 Å². The molecule has 0 atom stereocenters. The average Bonchev–Trinajstić information content (AvgIpc) is 2.78. The topological polar surface area (TPSA) is 63.3 Å². The smallest absolute Gasteiger partial charge is 0.321 e. The lowest BCUT2D eigenvalue weighted by molar-refractivity contribution is 0.148. The third kappa shape index (κ3) is 5.54. The van der Waals surface area contributed by atoms with Crippen LogP contribution < -0.4 is 19.5 Å². The van der Waals surface area contributed by atoms with E-state index in [1.165, 1.54) is 5.56 Å². The zero-order chi connectivity index (χ0) is 20.6. The second kappa shape index (κ2) is 10.0. The maximum absolute atomic E-state index is 12.6. The summed E-state index contributed by atoms with van der Waals surface area (Å²) in [5.41, 5.74) is 1.98. The number of rotatable bonds is 7. The summed E-state index contributed by atoms with van der Waals surface area (Å²) in [6.45, 7) is 4.14. The summed E-state index contributed by atoms with van der Waals surface area (Å²) < 4.78 is 15.7. The molecular weight excluding hydrogens is 370 g/mol. The molecule has 1 aliphatic rings. The number of methoxy groups -OCH3 is 3. The van der Waals surface area contributed by atoms with Gasteiger partial charge in [-0.2, -0.15) is 0 Å². The summed E-state index contributed by atoms with van der Waals surface area (Å²) in [7, 11) is 4.84. The van der Waals surface area contributed by atoms with Gasteiger partial charge in [0, 0.05) is 44.5 Å². The Hall–Kier alpha value is -2.93. The van der Waals surface area contributed by atoms with E-state index in [-0.39, 0.29) is 6.03 Å². The van der Waals surface area contributed by atoms with E-state index >= 15 is 0 Å². The minimum Gasteiger partial charge on any atom is -0.497 e. The first-order valence-corrected chi connectivity index (χ1v) is 9.76. The van der Waals surface area contributed by atoms with Crippen molar-refractivity contribution >= 4 is 11.7 Å². The van der Waals surface area contributed by atoms with Gasteiger partial charge < -0.3 is 24.4 Å². The fraction of sp³-hybridized carbons (Fsp3) is 0.409. The summed E-state index contributed by atoms with van der Waals surface area (Å²) >= 11 is 0. The molecule has 1 N–H and O–H groups in total. The van der Waals surface area contributed by atoms with E-state index in [4.69, 9.17) is 14.2 Å². The average molecular weight is 399 g/mol. The van der Waals surface area contributed by atoms with Gasteiger partial charge in [0.15, 0.2) is 11.5 Å². The molecule has 0 bridgehead atoms. The Bertz CT molecular complexity index is 802. The van der Waals surface area contributed by atoms with E-state index in [1.807, 2.05) is 23.1 Å². The number of urea groups is 1. The first-order valence-electron chi connectivity index (χ1n) is 9.76. The molecule has 0 saturated carbocycles. The minimum atomic E-state index is -0.0907. The van der Waals surface area contributed by atoms with Gasteiger partial charge in [-0.25, -0.2) is 4.79 Å². The fourth-order valence-corrected chi connectivity index (χ4v) is 3.37. The standard InChI is InChI=1S/C22H29N3O4/c1-27-19-7-4-17(5-8-19)10-11-24-12-14-25(15-13-24)22(26)23-18-6-9-20(28-2)21(16-18)29-3/h4-9,16H,10-15H2,1-3H3,(H,23,26). The van der Waals surface area contributed by atoms with Gasteiger partial charge >= 0.3 is 6.03 Å². The SMILES string of the molecule is COc1ccc(CCN2CCN(C(=O)Nc3ccc(OC)c(OC)c3)CC2)cc1. The summed E-state index contributed by atoms with van der Waals surface area (Å²) in [6, 6.07) is 13.5. The largest absolute Gasteiger partial charge is 0.497 e. The van der Waals surface area contributed by atoms with Crippen LogP contribution in [0.25, 0.3) is 0 Å². The van der Waals surface area contributed by atoms with Crippen molar-refractivity contribution < 1.29 is 19.0 Å². The van der Waals surface area contributed by atoms with Gasteiger partial charge in [-0.1, -0.05) is 12.1 Å². The Morgan fingerprint density at radius 2 is 1.59 bits per heavy atom. The number of nitrogens with zero attached hydrogens (tertiary/aromatic N) is 2. The Balaban J connectivity index is 1.45. The molecule has 0 spiro atoms. The number of hydrogen-bond acceptors (Lipinski definition) is 5. The van der Waals surface area contributed by atoms with Gasteiger partial charge in [0.2, 0.25) is 0 Å². The summed E-state index contributed by atoms with van der Waals surface area (Å²) in [4.78, 5) is 16.8. The molecule has 0 aliphatic carbocycles. The Kier molecular flexibility index (Phi) is 7.19. The number of benzene rings is 2. The molecule has 2 amide bonds. The predicted octanol–water partition coefficient (Wildman–Crippen LogP) is 3.10. The van der Waals surface area contributed by atoms with Crippen LogP contribution >= 0.6 is 0 Å². The summed E-state index contributed by atoms with van der Waals surface area (Å²) in [5, 5.41) is 2.94. The highest BCUT2D eigenvalue weighted by atomic mass is 16.5. The second-order valence-corrected chi connectivity index (χ2v) is 6.93. The molecule has 29 heavy (non-hydrogen) atoms. The maximum atomic E-state index is 12.6. The first-order chi connectivity index (χ1) is 14.1. The Morgan fingerprint density at radius 1 is 0.897 bits per heavy atom. The zero-order valence-electron chi connectivity index (χ0n) is 17.3. The quantitative estimate of drug-likeness (QED) is 0.775. The van der Waals surface area contributed by atoms with Crippen LogP contribution in [0.1, 0.15) is 5.56 Å². The first kappa shape index (κ1) is 20.8. The molecule has 0 aromatic heterocycles. The second-order valence-electron chi connectivity index (χ2n) is 6.93. The number of carbonyl (C=O) groups excluding carboxylic acids is 1. The van der Waals surface area contributed by atoms with E-state index in [0.29, 0.717) is 30.3 Å². The molecule has 0 radical (unpaired) electrons. The molecule has 7 nitrogen and oxygen atoms in total. The van der Waals surface area contributed by atoms with Crippen molar-refractivity contribution in [2.24, 2.45) is 0 Å². The highest BCUT2D eigenvalue weighted by Crippen LogP contribution is 2.29. The monoisotopic (exact) mass is 399 g/mol. The van der Waals surface area contributed by atoms with Crippen LogP contribution in [0.3, 0.4) is 0 Å². The molecule has 1 saturated heterocycles. The molecule has 2 aromatic carbocycles. The number of piperazine rings is 1. The number of anilines is 1. The highest BCUT2D eigenvalue weighted by molar-refractivity contribution is 5.89. The van der Waals surface area contributed by atoms with E-state index in [1.54, 1.807) is 33.5 Å². The van der Waals surface area contributed by atoms with E-state index in [2.05, 4.69) is 22.3 Å². The lowest BCUT2D eigenvalue weighted by Crippen LogP contribution is -2.50. The predicted molar refractivity (Wildman–Crippen MR) is 113 cm³/mol. The lowest BCUT2D eigenvalue weighted by Gasteiger charge is -2.34. The van der Waals surface area contributed by atoms with Gasteiger partial charge in [-0.3, -0.25) is 4.90 Å². The molecular formula is C22H29N3O4. The number of ether oxygens (including phenoxy) is 3. The normalized spacial score (nSPS) is 14.4. The Morgan fingerprint density at radius 3 is 2.21 bits per heavy atom. The molecule has 1 heterocycles. The van der Waals surface area contributed by atoms with Crippen molar-refractivity contribution in [3.63, 3.8) is 0 Å². The number of amides is 2. The van der Waals surface area contributed by atoms with Crippen LogP contribution in [0, 0.1) is 0 Å². The zero-order valence-corrected chi connectivity index (χ0v) is 17.3. The minimum absolute atomic E-state index is 0.0907. The Labute approximate surface area is 172 Å². The van der Waals surface area contributed by atoms with Gasteiger partial charge in [-0.15, -0.1) is 0 Å². The lowest BCUT2D eigenvalue weighted by atomic mass is 10.1. The van der Waals surface area contributed by atoms with E-state index < -0.39 is 0 Å². The number of carbonyl (C=O) groups is 1. The van der Waals surface area contributed by atoms with Crippen molar-refractivity contribution in [3.05, 3.63) is 48.0 Å². The summed E-state index contributed by atoms with van der Waals surface area (Å²) in [5.74, 6) is 2.10. The molecule has 1 aliphatic heterocycles. The third-order valence-electron chi connectivity index (χ3n) is 5.17. The molecule has 156 valence electrons. The van der Waals surface area contributed by atoms with Crippen molar-refractivity contribution in [2.75, 3.05) is 59.4 Å². The summed E-state index contributed by atoms with van der Waals surface area (Å²) in [6.07, 6.45) is 0.988. The van der Waals surface area contributed by atoms with Gasteiger partial charge in [0.25, 0.3) is 0 Å². The van der Waals surface area contributed by atoms with Crippen molar-refractivity contribution in [1.29, 1.82) is 0 Å².